The van der Waals surface area contributed by atoms with Gasteiger partial charge in [0.15, 0.2) is 0 Å². The average Bonchev–Trinajstić information content (AvgIpc) is 2.43. The van der Waals surface area contributed by atoms with Gasteiger partial charge in [-0.25, -0.2) is 0 Å². The molecule has 0 aromatic rings. The Morgan fingerprint density at radius 3 is 1.84 bits per heavy atom. The molecular weight excluding hydrogens is 236 g/mol. The first-order chi connectivity index (χ1) is 9.41. The van der Waals surface area contributed by atoms with Crippen LogP contribution < -0.4 is 0 Å². The molecule has 0 fully saturated rings. The fourth-order valence-corrected chi connectivity index (χ4v) is 1.95. The number of hydrogen-bond acceptors (Lipinski definition) is 2. The zero-order valence-electron chi connectivity index (χ0n) is 12.8. The SMILES string of the molecule is C#CCCCCOCOCCCCCCCCCC. The molecule has 0 aromatic carbocycles. The van der Waals surface area contributed by atoms with Crippen LogP contribution in [0.2, 0.25) is 0 Å². The minimum atomic E-state index is 0.437. The molecule has 0 aromatic heterocycles. The first-order valence-electron chi connectivity index (χ1n) is 8.00. The van der Waals surface area contributed by atoms with Gasteiger partial charge in [0.2, 0.25) is 0 Å². The Labute approximate surface area is 120 Å². The molecule has 0 spiro atoms. The van der Waals surface area contributed by atoms with Crippen LogP contribution in [0.3, 0.4) is 0 Å². The molecular formula is C17H32O2. The second-order valence-electron chi connectivity index (χ2n) is 5.07. The number of hydrogen-bond donors (Lipinski definition) is 0. The Bertz CT molecular complexity index is 196. The average molecular weight is 268 g/mol. The van der Waals surface area contributed by atoms with Crippen molar-refractivity contribution >= 4 is 0 Å². The van der Waals surface area contributed by atoms with Gasteiger partial charge >= 0.3 is 0 Å². The van der Waals surface area contributed by atoms with Crippen LogP contribution in [0.1, 0.15) is 77.6 Å². The van der Waals surface area contributed by atoms with Crippen LogP contribution in [0.5, 0.6) is 0 Å². The van der Waals surface area contributed by atoms with Crippen LogP contribution in [0.4, 0.5) is 0 Å². The van der Waals surface area contributed by atoms with Crippen molar-refractivity contribution in [2.24, 2.45) is 0 Å². The molecule has 0 rings (SSSR count). The van der Waals surface area contributed by atoms with Gasteiger partial charge in [0, 0.05) is 19.6 Å². The van der Waals surface area contributed by atoms with Crippen molar-refractivity contribution in [2.45, 2.75) is 77.6 Å². The summed E-state index contributed by atoms with van der Waals surface area (Å²) in [5.74, 6) is 2.63. The molecule has 2 nitrogen and oxygen atoms in total. The van der Waals surface area contributed by atoms with Gasteiger partial charge in [-0.05, 0) is 19.3 Å². The van der Waals surface area contributed by atoms with Crippen LogP contribution >= 0.6 is 0 Å². The summed E-state index contributed by atoms with van der Waals surface area (Å²) in [5.41, 5.74) is 0. The predicted molar refractivity (Wildman–Crippen MR) is 82.1 cm³/mol. The van der Waals surface area contributed by atoms with E-state index in [-0.39, 0.29) is 0 Å². The normalized spacial score (nSPS) is 10.5. The number of unbranched alkanes of at least 4 members (excludes halogenated alkanes) is 9. The van der Waals surface area contributed by atoms with E-state index in [1.165, 1.54) is 44.9 Å². The first-order valence-corrected chi connectivity index (χ1v) is 8.00. The zero-order valence-corrected chi connectivity index (χ0v) is 12.8. The predicted octanol–water partition coefficient (Wildman–Crippen LogP) is 4.92. The maximum atomic E-state index is 5.42. The van der Waals surface area contributed by atoms with Gasteiger partial charge < -0.3 is 9.47 Å². The fraction of sp³-hybridized carbons (Fsp3) is 0.882. The Balaban J connectivity index is 2.90. The molecule has 0 atom stereocenters. The van der Waals surface area contributed by atoms with E-state index in [0.717, 1.165) is 38.9 Å². The topological polar surface area (TPSA) is 18.5 Å². The second-order valence-corrected chi connectivity index (χ2v) is 5.07. The molecule has 0 aliphatic carbocycles. The van der Waals surface area contributed by atoms with Gasteiger partial charge in [-0.15, -0.1) is 12.3 Å². The van der Waals surface area contributed by atoms with Crippen LogP contribution in [-0.4, -0.2) is 20.0 Å². The van der Waals surface area contributed by atoms with Crippen molar-refractivity contribution in [3.8, 4) is 12.3 Å². The molecule has 0 bridgehead atoms. The Morgan fingerprint density at radius 1 is 0.737 bits per heavy atom. The van der Waals surface area contributed by atoms with E-state index in [9.17, 15) is 0 Å². The molecule has 0 heterocycles. The lowest BCUT2D eigenvalue weighted by atomic mass is 10.1. The molecule has 0 amide bonds. The summed E-state index contributed by atoms with van der Waals surface area (Å²) in [6.45, 7) is 4.29. The van der Waals surface area contributed by atoms with Gasteiger partial charge in [0.05, 0.1) is 0 Å². The molecule has 0 aliphatic heterocycles. The zero-order chi connectivity index (χ0) is 14.0. The number of terminal acetylenes is 1. The van der Waals surface area contributed by atoms with E-state index in [1.54, 1.807) is 0 Å². The van der Waals surface area contributed by atoms with E-state index in [0.29, 0.717) is 6.79 Å². The summed E-state index contributed by atoms with van der Waals surface area (Å²) in [6, 6.07) is 0. The highest BCUT2D eigenvalue weighted by molar-refractivity contribution is 4.82. The Morgan fingerprint density at radius 2 is 1.26 bits per heavy atom. The summed E-state index contributed by atoms with van der Waals surface area (Å²) in [5, 5.41) is 0. The van der Waals surface area contributed by atoms with Crippen LogP contribution in [0.25, 0.3) is 0 Å². The molecule has 0 radical (unpaired) electrons. The van der Waals surface area contributed by atoms with Gasteiger partial charge in [0.25, 0.3) is 0 Å². The molecule has 0 aliphatic rings. The molecule has 0 unspecified atom stereocenters. The second kappa shape index (κ2) is 17.5. The van der Waals surface area contributed by atoms with Gasteiger partial charge in [0.1, 0.15) is 6.79 Å². The highest BCUT2D eigenvalue weighted by Gasteiger charge is 1.93. The third-order valence-corrected chi connectivity index (χ3v) is 3.17. The fourth-order valence-electron chi connectivity index (χ4n) is 1.95. The monoisotopic (exact) mass is 268 g/mol. The maximum absolute atomic E-state index is 5.42. The molecule has 0 saturated carbocycles. The standard InChI is InChI=1S/C17H32O2/c1-3-5-7-9-10-11-12-14-16-19-17-18-15-13-8-6-4-2/h2H,3,5-17H2,1H3. The lowest BCUT2D eigenvalue weighted by molar-refractivity contribution is -0.0554. The van der Waals surface area contributed by atoms with Crippen molar-refractivity contribution in [3.63, 3.8) is 0 Å². The van der Waals surface area contributed by atoms with Crippen molar-refractivity contribution in [1.82, 2.24) is 0 Å². The molecule has 0 N–H and O–H groups in total. The van der Waals surface area contributed by atoms with Crippen LogP contribution in [0, 0.1) is 12.3 Å². The summed E-state index contributed by atoms with van der Waals surface area (Å²) < 4.78 is 10.8. The maximum Gasteiger partial charge on any atom is 0.146 e. The first kappa shape index (κ1) is 18.5. The highest BCUT2D eigenvalue weighted by atomic mass is 16.7. The van der Waals surface area contributed by atoms with E-state index < -0.39 is 0 Å². The van der Waals surface area contributed by atoms with Crippen molar-refractivity contribution < 1.29 is 9.47 Å². The van der Waals surface area contributed by atoms with Gasteiger partial charge in [-0.3, -0.25) is 0 Å². The van der Waals surface area contributed by atoms with E-state index >= 15 is 0 Å². The smallest absolute Gasteiger partial charge is 0.146 e. The molecule has 19 heavy (non-hydrogen) atoms. The summed E-state index contributed by atoms with van der Waals surface area (Å²) in [4.78, 5) is 0. The molecule has 2 heteroatoms. The summed E-state index contributed by atoms with van der Waals surface area (Å²) >= 11 is 0. The largest absolute Gasteiger partial charge is 0.355 e. The van der Waals surface area contributed by atoms with E-state index in [1.807, 2.05) is 0 Å². The van der Waals surface area contributed by atoms with E-state index in [2.05, 4.69) is 12.8 Å². The lowest BCUT2D eigenvalue weighted by Gasteiger charge is -2.05. The van der Waals surface area contributed by atoms with Gasteiger partial charge in [-0.2, -0.15) is 0 Å². The van der Waals surface area contributed by atoms with Gasteiger partial charge in [-0.1, -0.05) is 51.9 Å². The minimum absolute atomic E-state index is 0.437. The third kappa shape index (κ3) is 17.5. The summed E-state index contributed by atoms with van der Waals surface area (Å²) in [7, 11) is 0. The lowest BCUT2D eigenvalue weighted by Crippen LogP contribution is -2.02. The number of ether oxygens (including phenoxy) is 2. The van der Waals surface area contributed by atoms with Crippen molar-refractivity contribution in [3.05, 3.63) is 0 Å². The van der Waals surface area contributed by atoms with E-state index in [4.69, 9.17) is 15.9 Å². The molecule has 112 valence electrons. The Kier molecular flexibility index (Phi) is 17.0. The molecule has 0 saturated heterocycles. The van der Waals surface area contributed by atoms with Crippen LogP contribution in [0.15, 0.2) is 0 Å². The van der Waals surface area contributed by atoms with Crippen molar-refractivity contribution in [1.29, 1.82) is 0 Å². The summed E-state index contributed by atoms with van der Waals surface area (Å²) in [6.07, 6.45) is 18.8. The quantitative estimate of drug-likeness (QED) is 0.238. The Hall–Kier alpha value is -0.520. The third-order valence-electron chi connectivity index (χ3n) is 3.17. The minimum Gasteiger partial charge on any atom is -0.355 e. The number of rotatable bonds is 15. The van der Waals surface area contributed by atoms with Crippen molar-refractivity contribution in [2.75, 3.05) is 20.0 Å². The highest BCUT2D eigenvalue weighted by Crippen LogP contribution is 2.08. The van der Waals surface area contributed by atoms with Crippen LogP contribution in [-0.2, 0) is 9.47 Å².